The van der Waals surface area contributed by atoms with Crippen LogP contribution in [0.5, 0.6) is 5.75 Å². The average molecular weight is 300 g/mol. The van der Waals surface area contributed by atoms with Crippen molar-refractivity contribution in [1.29, 1.82) is 0 Å². The van der Waals surface area contributed by atoms with Crippen molar-refractivity contribution < 1.29 is 9.53 Å². The molecule has 0 radical (unpaired) electrons. The van der Waals surface area contributed by atoms with Crippen molar-refractivity contribution in [3.8, 4) is 5.75 Å². The summed E-state index contributed by atoms with van der Waals surface area (Å²) in [4.78, 5) is 11.8. The maximum atomic E-state index is 11.8. The summed E-state index contributed by atoms with van der Waals surface area (Å²) in [6, 6.07) is 7.97. The van der Waals surface area contributed by atoms with Crippen molar-refractivity contribution in [3.05, 3.63) is 35.9 Å². The summed E-state index contributed by atoms with van der Waals surface area (Å²) < 4.78 is 5.40. The van der Waals surface area contributed by atoms with Crippen LogP contribution in [0, 0.1) is 5.92 Å². The first kappa shape index (κ1) is 16.8. The number of ether oxygens (including phenoxy) is 1. The summed E-state index contributed by atoms with van der Waals surface area (Å²) in [5.74, 6) is 1.35. The first-order valence-corrected chi connectivity index (χ1v) is 8.69. The lowest BCUT2D eigenvalue weighted by Crippen LogP contribution is -2.07. The first-order chi connectivity index (χ1) is 10.7. The van der Waals surface area contributed by atoms with Gasteiger partial charge in [-0.2, -0.15) is 0 Å². The third-order valence-electron chi connectivity index (χ3n) is 4.36. The fourth-order valence-corrected chi connectivity index (χ4v) is 2.84. The molecule has 0 aromatic heterocycles. The van der Waals surface area contributed by atoms with Gasteiger partial charge in [-0.15, -0.1) is 0 Å². The quantitative estimate of drug-likeness (QED) is 0.363. The average Bonchev–Trinajstić information content (AvgIpc) is 2.53. The van der Waals surface area contributed by atoms with Gasteiger partial charge < -0.3 is 4.74 Å². The molecule has 1 atom stereocenters. The number of allylic oxidation sites excluding steroid dienone is 2. The van der Waals surface area contributed by atoms with Gasteiger partial charge in [0.2, 0.25) is 0 Å². The zero-order valence-electron chi connectivity index (χ0n) is 13.9. The highest BCUT2D eigenvalue weighted by atomic mass is 16.5. The molecule has 0 heterocycles. The van der Waals surface area contributed by atoms with Crippen LogP contribution in [0.4, 0.5) is 0 Å². The highest BCUT2D eigenvalue weighted by Crippen LogP contribution is 2.30. The maximum absolute atomic E-state index is 11.8. The van der Waals surface area contributed by atoms with Gasteiger partial charge in [0.1, 0.15) is 5.75 Å². The number of carbonyl (C=O) groups is 1. The number of benzene rings is 1. The smallest absolute Gasteiger partial charge is 0.311 e. The Morgan fingerprint density at radius 1 is 1.18 bits per heavy atom. The van der Waals surface area contributed by atoms with E-state index in [4.69, 9.17) is 4.74 Å². The fourth-order valence-electron chi connectivity index (χ4n) is 2.84. The Morgan fingerprint density at radius 2 is 1.95 bits per heavy atom. The summed E-state index contributed by atoms with van der Waals surface area (Å²) in [7, 11) is 0. The molecule has 22 heavy (non-hydrogen) atoms. The van der Waals surface area contributed by atoms with E-state index in [0.29, 0.717) is 12.2 Å². The molecular weight excluding hydrogens is 272 g/mol. The van der Waals surface area contributed by atoms with Crippen molar-refractivity contribution in [1.82, 2.24) is 0 Å². The Balaban J connectivity index is 1.83. The number of esters is 1. The van der Waals surface area contributed by atoms with Crippen LogP contribution in [-0.4, -0.2) is 5.97 Å². The molecule has 1 aliphatic rings. The third kappa shape index (κ3) is 5.32. The minimum absolute atomic E-state index is 0.116. The summed E-state index contributed by atoms with van der Waals surface area (Å²) in [5.41, 5.74) is 2.69. The van der Waals surface area contributed by atoms with Crippen LogP contribution in [0.25, 0.3) is 5.57 Å². The van der Waals surface area contributed by atoms with Gasteiger partial charge in [0.15, 0.2) is 0 Å². The second kappa shape index (κ2) is 8.77. The lowest BCUT2D eigenvalue weighted by molar-refractivity contribution is -0.134. The van der Waals surface area contributed by atoms with Crippen LogP contribution in [0.3, 0.4) is 0 Å². The molecule has 2 rings (SSSR count). The number of unbranched alkanes of at least 4 members (excludes halogenated alkanes) is 3. The van der Waals surface area contributed by atoms with E-state index < -0.39 is 0 Å². The van der Waals surface area contributed by atoms with E-state index >= 15 is 0 Å². The predicted molar refractivity (Wildman–Crippen MR) is 91.8 cm³/mol. The molecule has 1 unspecified atom stereocenters. The van der Waals surface area contributed by atoms with E-state index in [1.54, 1.807) is 0 Å². The number of hydrogen-bond acceptors (Lipinski definition) is 2. The molecule has 1 aromatic rings. The van der Waals surface area contributed by atoms with Crippen LogP contribution in [-0.2, 0) is 4.79 Å². The van der Waals surface area contributed by atoms with Crippen LogP contribution in [0.1, 0.15) is 70.8 Å². The summed E-state index contributed by atoms with van der Waals surface area (Å²) in [6.45, 7) is 4.47. The van der Waals surface area contributed by atoms with Gasteiger partial charge in [-0.1, -0.05) is 51.3 Å². The summed E-state index contributed by atoms with van der Waals surface area (Å²) >= 11 is 0. The zero-order chi connectivity index (χ0) is 15.8. The number of carbonyl (C=O) groups excluding carboxylic acids is 1. The summed E-state index contributed by atoms with van der Waals surface area (Å²) in [5, 5.41) is 0. The Labute approximate surface area is 134 Å². The van der Waals surface area contributed by atoms with Crippen molar-refractivity contribution in [3.63, 3.8) is 0 Å². The largest absolute Gasteiger partial charge is 0.427 e. The van der Waals surface area contributed by atoms with Gasteiger partial charge in [0, 0.05) is 6.42 Å². The second-order valence-electron chi connectivity index (χ2n) is 6.42. The SMILES string of the molecule is CCCCCCC(=O)Oc1ccc(C2=CCC(C)CC2)cc1. The molecule has 120 valence electrons. The van der Waals surface area contributed by atoms with Crippen LogP contribution in [0.2, 0.25) is 0 Å². The Hall–Kier alpha value is -1.57. The molecule has 0 spiro atoms. The van der Waals surface area contributed by atoms with Crippen molar-refractivity contribution in [2.75, 3.05) is 0 Å². The number of hydrogen-bond donors (Lipinski definition) is 0. The highest BCUT2D eigenvalue weighted by Gasteiger charge is 2.12. The third-order valence-corrected chi connectivity index (χ3v) is 4.36. The van der Waals surface area contributed by atoms with E-state index in [1.807, 2.05) is 12.1 Å². The molecule has 0 bridgehead atoms. The Bertz CT molecular complexity index is 499. The second-order valence-corrected chi connectivity index (χ2v) is 6.42. The Morgan fingerprint density at radius 3 is 2.59 bits per heavy atom. The van der Waals surface area contributed by atoms with Crippen LogP contribution in [0.15, 0.2) is 30.3 Å². The minimum Gasteiger partial charge on any atom is -0.427 e. The van der Waals surface area contributed by atoms with Crippen molar-refractivity contribution in [2.45, 2.75) is 65.2 Å². The molecule has 2 nitrogen and oxygen atoms in total. The normalized spacial score (nSPS) is 17.9. The number of rotatable bonds is 7. The molecule has 1 aliphatic carbocycles. The molecule has 0 amide bonds. The van der Waals surface area contributed by atoms with Crippen molar-refractivity contribution in [2.24, 2.45) is 5.92 Å². The van der Waals surface area contributed by atoms with Crippen LogP contribution < -0.4 is 4.74 Å². The van der Waals surface area contributed by atoms with Crippen molar-refractivity contribution >= 4 is 11.5 Å². The monoisotopic (exact) mass is 300 g/mol. The standard InChI is InChI=1S/C20H28O2/c1-3-4-5-6-7-20(21)22-19-14-12-18(13-15-19)17-10-8-16(2)9-11-17/h10,12-16H,3-9,11H2,1-2H3. The van der Waals surface area contributed by atoms with E-state index in [2.05, 4.69) is 32.1 Å². The van der Waals surface area contributed by atoms with Gasteiger partial charge in [-0.05, 0) is 54.9 Å². The molecular formula is C20H28O2. The van der Waals surface area contributed by atoms with Gasteiger partial charge in [-0.25, -0.2) is 0 Å². The highest BCUT2D eigenvalue weighted by molar-refractivity contribution is 5.73. The van der Waals surface area contributed by atoms with E-state index in [1.165, 1.54) is 36.8 Å². The lowest BCUT2D eigenvalue weighted by atomic mass is 9.88. The molecule has 0 saturated carbocycles. The lowest BCUT2D eigenvalue weighted by Gasteiger charge is -2.18. The van der Waals surface area contributed by atoms with Gasteiger partial charge in [0.05, 0.1) is 0 Å². The molecule has 0 N–H and O–H groups in total. The molecule has 0 aliphatic heterocycles. The van der Waals surface area contributed by atoms with E-state index in [-0.39, 0.29) is 5.97 Å². The fraction of sp³-hybridized carbons (Fsp3) is 0.550. The predicted octanol–water partition coefficient (Wildman–Crippen LogP) is 5.77. The Kier molecular flexibility index (Phi) is 6.70. The molecule has 0 saturated heterocycles. The first-order valence-electron chi connectivity index (χ1n) is 8.69. The van der Waals surface area contributed by atoms with E-state index in [0.717, 1.165) is 25.2 Å². The van der Waals surface area contributed by atoms with Gasteiger partial charge >= 0.3 is 5.97 Å². The molecule has 2 heteroatoms. The van der Waals surface area contributed by atoms with Crippen LogP contribution >= 0.6 is 0 Å². The van der Waals surface area contributed by atoms with Gasteiger partial charge in [-0.3, -0.25) is 4.79 Å². The minimum atomic E-state index is -0.116. The topological polar surface area (TPSA) is 26.3 Å². The molecule has 0 fully saturated rings. The van der Waals surface area contributed by atoms with Gasteiger partial charge in [0.25, 0.3) is 0 Å². The van der Waals surface area contributed by atoms with E-state index in [9.17, 15) is 4.79 Å². The zero-order valence-corrected chi connectivity index (χ0v) is 13.9. The maximum Gasteiger partial charge on any atom is 0.311 e. The molecule has 1 aromatic carbocycles. The summed E-state index contributed by atoms with van der Waals surface area (Å²) in [6.07, 6.45) is 10.9.